The van der Waals surface area contributed by atoms with E-state index in [9.17, 15) is 19.5 Å². The number of rotatable bonds is 4. The zero-order valence-electron chi connectivity index (χ0n) is 12.4. The maximum atomic E-state index is 12.6. The highest BCUT2D eigenvalue weighted by Crippen LogP contribution is 2.37. The Labute approximate surface area is 124 Å². The molecule has 0 bridgehead atoms. The lowest BCUT2D eigenvalue weighted by Gasteiger charge is -2.24. The molecule has 2 unspecified atom stereocenters. The van der Waals surface area contributed by atoms with Gasteiger partial charge in [0.15, 0.2) is 0 Å². The molecule has 21 heavy (non-hydrogen) atoms. The first-order chi connectivity index (χ1) is 9.97. The summed E-state index contributed by atoms with van der Waals surface area (Å²) in [6.07, 6.45) is 3.43. The summed E-state index contributed by atoms with van der Waals surface area (Å²) in [5.74, 6) is -1.06. The van der Waals surface area contributed by atoms with Gasteiger partial charge in [0.1, 0.15) is 0 Å². The minimum Gasteiger partial charge on any atom is -0.481 e. The Balaban J connectivity index is 1.64. The van der Waals surface area contributed by atoms with Crippen LogP contribution in [-0.4, -0.2) is 58.4 Å². The molecule has 1 aliphatic carbocycles. The molecule has 2 aliphatic heterocycles. The molecule has 3 rings (SSSR count). The lowest BCUT2D eigenvalue weighted by atomic mass is 9.84. The summed E-state index contributed by atoms with van der Waals surface area (Å²) in [7, 11) is 0. The van der Waals surface area contributed by atoms with Crippen molar-refractivity contribution in [2.24, 2.45) is 11.3 Å². The van der Waals surface area contributed by atoms with Crippen LogP contribution in [0.25, 0.3) is 0 Å². The molecule has 3 fully saturated rings. The van der Waals surface area contributed by atoms with Gasteiger partial charge in [0, 0.05) is 32.1 Å². The standard InChI is InChI=1S/C15H22N2O4/c1-2-15(14(20)21)5-6-16(9-15)13(19)10-7-12(18)17(8-10)11-3-4-11/h10-11H,2-9H2,1H3,(H,20,21). The monoisotopic (exact) mass is 294 g/mol. The molecule has 2 heterocycles. The van der Waals surface area contributed by atoms with Gasteiger partial charge in [-0.25, -0.2) is 0 Å². The number of likely N-dealkylation sites (tertiary alicyclic amines) is 2. The van der Waals surface area contributed by atoms with Crippen LogP contribution in [0.5, 0.6) is 0 Å². The van der Waals surface area contributed by atoms with Crippen molar-refractivity contribution < 1.29 is 19.5 Å². The summed E-state index contributed by atoms with van der Waals surface area (Å²) in [6.45, 7) is 3.15. The molecular weight excluding hydrogens is 272 g/mol. The molecular formula is C15H22N2O4. The number of amides is 2. The molecule has 2 amide bonds. The normalized spacial score (nSPS) is 32.8. The molecule has 0 aromatic heterocycles. The van der Waals surface area contributed by atoms with Gasteiger partial charge in [0.05, 0.1) is 11.3 Å². The molecule has 0 aromatic rings. The minimum absolute atomic E-state index is 0.0388. The summed E-state index contributed by atoms with van der Waals surface area (Å²) in [6, 6.07) is 0.350. The molecule has 6 nitrogen and oxygen atoms in total. The van der Waals surface area contributed by atoms with Gasteiger partial charge in [-0.3, -0.25) is 14.4 Å². The fourth-order valence-corrected chi connectivity index (χ4v) is 3.57. The van der Waals surface area contributed by atoms with Gasteiger partial charge in [-0.05, 0) is 25.7 Å². The van der Waals surface area contributed by atoms with Crippen LogP contribution in [0.1, 0.15) is 39.0 Å². The van der Waals surface area contributed by atoms with Gasteiger partial charge in [-0.15, -0.1) is 0 Å². The van der Waals surface area contributed by atoms with Gasteiger partial charge in [-0.2, -0.15) is 0 Å². The van der Waals surface area contributed by atoms with Crippen LogP contribution in [0, 0.1) is 11.3 Å². The molecule has 0 spiro atoms. The van der Waals surface area contributed by atoms with E-state index in [1.807, 2.05) is 11.8 Å². The van der Waals surface area contributed by atoms with Gasteiger partial charge in [0.25, 0.3) is 0 Å². The first-order valence-corrected chi connectivity index (χ1v) is 7.78. The fourth-order valence-electron chi connectivity index (χ4n) is 3.57. The predicted octanol–water partition coefficient (Wildman–Crippen LogP) is 0.711. The van der Waals surface area contributed by atoms with Crippen LogP contribution in [0.4, 0.5) is 0 Å². The maximum Gasteiger partial charge on any atom is 0.311 e. The number of hydrogen-bond acceptors (Lipinski definition) is 3. The number of carboxylic acid groups (broad SMARTS) is 1. The number of carboxylic acids is 1. The summed E-state index contributed by atoms with van der Waals surface area (Å²) in [4.78, 5) is 39.4. The van der Waals surface area contributed by atoms with Gasteiger partial charge in [-0.1, -0.05) is 6.92 Å². The summed E-state index contributed by atoms with van der Waals surface area (Å²) in [5, 5.41) is 9.39. The first-order valence-electron chi connectivity index (χ1n) is 7.78. The summed E-state index contributed by atoms with van der Waals surface area (Å²) in [5.41, 5.74) is -0.797. The van der Waals surface area contributed by atoms with Crippen molar-refractivity contribution in [2.75, 3.05) is 19.6 Å². The van der Waals surface area contributed by atoms with E-state index in [4.69, 9.17) is 0 Å². The topological polar surface area (TPSA) is 77.9 Å². The van der Waals surface area contributed by atoms with E-state index in [1.54, 1.807) is 4.90 Å². The third-order valence-corrected chi connectivity index (χ3v) is 5.29. The van der Waals surface area contributed by atoms with Gasteiger partial charge in [0.2, 0.25) is 11.8 Å². The first kappa shape index (κ1) is 14.4. The lowest BCUT2D eigenvalue weighted by Crippen LogP contribution is -2.40. The zero-order valence-corrected chi connectivity index (χ0v) is 12.4. The summed E-state index contributed by atoms with van der Waals surface area (Å²) >= 11 is 0. The molecule has 1 saturated carbocycles. The highest BCUT2D eigenvalue weighted by Gasteiger charge is 2.48. The number of carbonyl (C=O) groups excluding carboxylic acids is 2. The van der Waals surface area contributed by atoms with Crippen LogP contribution in [0.15, 0.2) is 0 Å². The number of carbonyl (C=O) groups is 3. The average Bonchev–Trinajstić information content (AvgIpc) is 3.07. The van der Waals surface area contributed by atoms with E-state index < -0.39 is 11.4 Å². The summed E-state index contributed by atoms with van der Waals surface area (Å²) < 4.78 is 0. The van der Waals surface area contributed by atoms with Crippen LogP contribution < -0.4 is 0 Å². The quantitative estimate of drug-likeness (QED) is 0.828. The highest BCUT2D eigenvalue weighted by atomic mass is 16.4. The fraction of sp³-hybridized carbons (Fsp3) is 0.800. The van der Waals surface area contributed by atoms with E-state index in [-0.39, 0.29) is 30.7 Å². The van der Waals surface area contributed by atoms with Crippen molar-refractivity contribution in [3.8, 4) is 0 Å². The van der Waals surface area contributed by atoms with E-state index in [0.717, 1.165) is 12.8 Å². The van der Waals surface area contributed by atoms with Crippen LogP contribution in [0.3, 0.4) is 0 Å². The smallest absolute Gasteiger partial charge is 0.311 e. The second-order valence-electron chi connectivity index (χ2n) is 6.63. The van der Waals surface area contributed by atoms with Crippen LogP contribution >= 0.6 is 0 Å². The Morgan fingerprint density at radius 1 is 1.38 bits per heavy atom. The van der Waals surface area contributed by atoms with Crippen molar-refractivity contribution >= 4 is 17.8 Å². The largest absolute Gasteiger partial charge is 0.481 e. The number of aliphatic carboxylic acids is 1. The zero-order chi connectivity index (χ0) is 15.2. The van der Waals surface area contributed by atoms with Crippen LogP contribution in [0.2, 0.25) is 0 Å². The lowest BCUT2D eigenvalue weighted by molar-refractivity contribution is -0.149. The van der Waals surface area contributed by atoms with E-state index in [2.05, 4.69) is 0 Å². The van der Waals surface area contributed by atoms with Crippen molar-refractivity contribution in [1.29, 1.82) is 0 Å². The Kier molecular flexibility index (Phi) is 3.42. The molecule has 0 radical (unpaired) electrons. The molecule has 2 saturated heterocycles. The van der Waals surface area contributed by atoms with Crippen molar-refractivity contribution in [1.82, 2.24) is 9.80 Å². The minimum atomic E-state index is -0.817. The average molecular weight is 294 g/mol. The Morgan fingerprint density at radius 3 is 2.62 bits per heavy atom. The van der Waals surface area contributed by atoms with E-state index >= 15 is 0 Å². The van der Waals surface area contributed by atoms with Crippen molar-refractivity contribution in [2.45, 2.75) is 45.1 Å². The Hall–Kier alpha value is -1.59. The predicted molar refractivity (Wildman–Crippen MR) is 74.4 cm³/mol. The van der Waals surface area contributed by atoms with E-state index in [1.165, 1.54) is 0 Å². The van der Waals surface area contributed by atoms with E-state index in [0.29, 0.717) is 32.0 Å². The second-order valence-corrected chi connectivity index (χ2v) is 6.63. The van der Waals surface area contributed by atoms with Gasteiger partial charge < -0.3 is 14.9 Å². The molecule has 2 atom stereocenters. The maximum absolute atomic E-state index is 12.6. The highest BCUT2D eigenvalue weighted by molar-refractivity contribution is 5.90. The number of nitrogens with zero attached hydrogens (tertiary/aromatic N) is 2. The number of hydrogen-bond donors (Lipinski definition) is 1. The second kappa shape index (κ2) is 5.00. The van der Waals surface area contributed by atoms with Crippen molar-refractivity contribution in [3.05, 3.63) is 0 Å². The third-order valence-electron chi connectivity index (χ3n) is 5.29. The third kappa shape index (κ3) is 2.40. The SMILES string of the molecule is CCC1(C(=O)O)CCN(C(=O)C2CC(=O)N(C3CC3)C2)C1. The molecule has 6 heteroatoms. The van der Waals surface area contributed by atoms with Crippen LogP contribution in [-0.2, 0) is 14.4 Å². The Bertz CT molecular complexity index is 488. The molecule has 116 valence electrons. The van der Waals surface area contributed by atoms with Gasteiger partial charge >= 0.3 is 5.97 Å². The molecule has 3 aliphatic rings. The molecule has 0 aromatic carbocycles. The van der Waals surface area contributed by atoms with Crippen molar-refractivity contribution in [3.63, 3.8) is 0 Å². The molecule has 1 N–H and O–H groups in total. The Morgan fingerprint density at radius 2 is 2.10 bits per heavy atom.